The highest BCUT2D eigenvalue weighted by atomic mass is 19.1. The molecule has 0 bridgehead atoms. The van der Waals surface area contributed by atoms with Gasteiger partial charge in [0.15, 0.2) is 5.82 Å². The first-order valence-electron chi connectivity index (χ1n) is 14.0. The fraction of sp³-hybridized carbons (Fsp3) is 0.355. The average Bonchev–Trinajstić information content (AvgIpc) is 3.54. The Morgan fingerprint density at radius 2 is 1.85 bits per heavy atom. The van der Waals surface area contributed by atoms with E-state index in [1.165, 1.54) is 12.1 Å². The number of likely N-dealkylation sites (tertiary alicyclic amines) is 1. The second kappa shape index (κ2) is 11.8. The summed E-state index contributed by atoms with van der Waals surface area (Å²) in [5.41, 5.74) is 3.27. The van der Waals surface area contributed by atoms with Gasteiger partial charge in [0.05, 0.1) is 16.8 Å². The van der Waals surface area contributed by atoms with Crippen LogP contribution in [0, 0.1) is 11.6 Å². The second-order valence-corrected chi connectivity index (χ2v) is 10.9. The molecule has 1 amide bonds. The zero-order valence-electron chi connectivity index (χ0n) is 22.9. The Morgan fingerprint density at radius 1 is 1.05 bits per heavy atom. The highest BCUT2D eigenvalue weighted by Gasteiger charge is 2.23. The lowest BCUT2D eigenvalue weighted by Gasteiger charge is -2.26. The van der Waals surface area contributed by atoms with Crippen molar-refractivity contribution in [1.29, 1.82) is 0 Å². The first-order valence-corrected chi connectivity index (χ1v) is 14.0. The van der Waals surface area contributed by atoms with Gasteiger partial charge in [-0.25, -0.2) is 8.78 Å². The van der Waals surface area contributed by atoms with Crippen LogP contribution in [-0.2, 0) is 11.2 Å². The number of H-pyrrole nitrogens is 1. The van der Waals surface area contributed by atoms with Crippen molar-refractivity contribution in [1.82, 2.24) is 15.1 Å². The molecule has 4 aromatic rings. The predicted octanol–water partition coefficient (Wildman–Crippen LogP) is 5.36. The number of benzene rings is 3. The van der Waals surface area contributed by atoms with Crippen LogP contribution in [0.5, 0.6) is 5.75 Å². The number of ether oxygens (including phenoxy) is 2. The standard InChI is InChI=1S/C31H33F2N5O3/c1-38-9-6-25(18-38)41-24-3-4-26(29(17-24)34-23-7-10-40-11-8-23)31(39)35-30-27-15-19(2-5-28(27)36-37-30)12-20-13-21(32)16-22(33)14-20/h2-5,13-17,23,25,34H,6-12,18H2,1H3,(H2,35,36,37,39)/t25-/m0/s1. The van der Waals surface area contributed by atoms with E-state index in [1.54, 1.807) is 6.07 Å². The number of nitrogens with zero attached hydrogens (tertiary/aromatic N) is 2. The van der Waals surface area contributed by atoms with E-state index < -0.39 is 11.6 Å². The smallest absolute Gasteiger partial charge is 0.258 e. The lowest BCUT2D eigenvalue weighted by molar-refractivity contribution is 0.0904. The summed E-state index contributed by atoms with van der Waals surface area (Å²) in [6.07, 6.45) is 3.11. The van der Waals surface area contributed by atoms with Gasteiger partial charge in [-0.1, -0.05) is 6.07 Å². The second-order valence-electron chi connectivity index (χ2n) is 10.9. The fourth-order valence-electron chi connectivity index (χ4n) is 5.55. The molecule has 3 aromatic carbocycles. The minimum atomic E-state index is -0.616. The zero-order chi connectivity index (χ0) is 28.3. The molecule has 6 rings (SSSR count). The lowest BCUT2D eigenvalue weighted by atomic mass is 10.0. The quantitative estimate of drug-likeness (QED) is 0.268. The molecule has 0 unspecified atom stereocenters. The minimum Gasteiger partial charge on any atom is -0.489 e. The molecule has 10 heteroatoms. The van der Waals surface area contributed by atoms with Gasteiger partial charge in [-0.05, 0) is 80.3 Å². The number of aromatic nitrogens is 2. The van der Waals surface area contributed by atoms with Crippen LogP contribution < -0.4 is 15.4 Å². The first kappa shape index (κ1) is 27.2. The van der Waals surface area contributed by atoms with Crippen molar-refractivity contribution in [3.05, 3.63) is 82.9 Å². The molecule has 2 fully saturated rings. The van der Waals surface area contributed by atoms with Crippen LogP contribution in [0.3, 0.4) is 0 Å². The number of rotatable bonds is 8. The highest BCUT2D eigenvalue weighted by molar-refractivity contribution is 6.11. The Bertz CT molecular complexity index is 1530. The molecule has 0 spiro atoms. The third kappa shape index (κ3) is 6.49. The lowest BCUT2D eigenvalue weighted by Crippen LogP contribution is -2.29. The molecule has 1 atom stereocenters. The van der Waals surface area contributed by atoms with Gasteiger partial charge >= 0.3 is 0 Å². The number of anilines is 2. The molecular formula is C31H33F2N5O3. The minimum absolute atomic E-state index is 0.115. The number of aromatic amines is 1. The molecule has 2 aliphatic rings. The van der Waals surface area contributed by atoms with E-state index in [9.17, 15) is 13.6 Å². The predicted molar refractivity (Wildman–Crippen MR) is 154 cm³/mol. The van der Waals surface area contributed by atoms with Crippen molar-refractivity contribution < 1.29 is 23.0 Å². The maximum Gasteiger partial charge on any atom is 0.258 e. The largest absolute Gasteiger partial charge is 0.489 e. The van der Waals surface area contributed by atoms with E-state index in [1.807, 2.05) is 30.3 Å². The van der Waals surface area contributed by atoms with E-state index in [2.05, 4.69) is 32.8 Å². The SMILES string of the molecule is CN1CC[C@H](Oc2ccc(C(=O)Nc3n[nH]c4ccc(Cc5cc(F)cc(F)c5)cc34)c(NC3CCOCC3)c2)C1. The summed E-state index contributed by atoms with van der Waals surface area (Å²) in [5.74, 6) is -0.439. The molecule has 41 heavy (non-hydrogen) atoms. The number of carbonyl (C=O) groups is 1. The topological polar surface area (TPSA) is 91.5 Å². The van der Waals surface area contributed by atoms with E-state index >= 15 is 0 Å². The van der Waals surface area contributed by atoms with Gasteiger partial charge in [0.1, 0.15) is 23.5 Å². The number of halogens is 2. The molecule has 214 valence electrons. The summed E-state index contributed by atoms with van der Waals surface area (Å²) >= 11 is 0. The van der Waals surface area contributed by atoms with Gasteiger partial charge in [-0.3, -0.25) is 9.89 Å². The molecular weight excluding hydrogens is 528 g/mol. The van der Waals surface area contributed by atoms with Crippen molar-refractivity contribution in [2.45, 2.75) is 37.8 Å². The number of hydrogen-bond donors (Lipinski definition) is 3. The molecule has 3 heterocycles. The van der Waals surface area contributed by atoms with Crippen LogP contribution in [0.1, 0.15) is 40.7 Å². The number of amides is 1. The summed E-state index contributed by atoms with van der Waals surface area (Å²) < 4.78 is 39.2. The van der Waals surface area contributed by atoms with E-state index in [-0.39, 0.29) is 18.1 Å². The third-order valence-electron chi connectivity index (χ3n) is 7.66. The van der Waals surface area contributed by atoms with Crippen molar-refractivity contribution in [2.24, 2.45) is 0 Å². The van der Waals surface area contributed by atoms with Crippen LogP contribution >= 0.6 is 0 Å². The van der Waals surface area contributed by atoms with Crippen molar-refractivity contribution in [3.63, 3.8) is 0 Å². The average molecular weight is 562 g/mol. The van der Waals surface area contributed by atoms with Crippen molar-refractivity contribution >= 4 is 28.3 Å². The molecule has 1 aromatic heterocycles. The summed E-state index contributed by atoms with van der Waals surface area (Å²) in [5, 5.41) is 14.5. The first-order chi connectivity index (χ1) is 19.9. The Morgan fingerprint density at radius 3 is 2.61 bits per heavy atom. The van der Waals surface area contributed by atoms with Crippen LogP contribution in [0.4, 0.5) is 20.3 Å². The van der Waals surface area contributed by atoms with E-state index in [4.69, 9.17) is 9.47 Å². The Balaban J connectivity index is 1.24. The van der Waals surface area contributed by atoms with E-state index in [0.29, 0.717) is 47.7 Å². The summed E-state index contributed by atoms with van der Waals surface area (Å²) in [7, 11) is 2.08. The van der Waals surface area contributed by atoms with Crippen molar-refractivity contribution in [2.75, 3.05) is 44.0 Å². The number of nitrogens with one attached hydrogen (secondary N) is 3. The summed E-state index contributed by atoms with van der Waals surface area (Å²) in [6.45, 7) is 3.21. The van der Waals surface area contributed by atoms with Gasteiger partial charge in [0.25, 0.3) is 5.91 Å². The summed E-state index contributed by atoms with van der Waals surface area (Å²) in [4.78, 5) is 15.8. The van der Waals surface area contributed by atoms with Gasteiger partial charge < -0.3 is 25.0 Å². The number of carbonyl (C=O) groups excluding carboxylic acids is 1. The number of fused-ring (bicyclic) bond motifs is 1. The molecule has 0 saturated carbocycles. The number of likely N-dealkylation sites (N-methyl/N-ethyl adjacent to an activating group) is 1. The van der Waals surface area contributed by atoms with E-state index in [0.717, 1.165) is 55.2 Å². The van der Waals surface area contributed by atoms with Crippen LogP contribution in [0.25, 0.3) is 10.9 Å². The molecule has 3 N–H and O–H groups in total. The maximum absolute atomic E-state index is 13.7. The molecule has 8 nitrogen and oxygen atoms in total. The summed E-state index contributed by atoms with van der Waals surface area (Å²) in [6, 6.07) is 14.8. The van der Waals surface area contributed by atoms with Crippen LogP contribution in [-0.4, -0.2) is 66.5 Å². The Labute approximate surface area is 237 Å². The van der Waals surface area contributed by atoms with Crippen LogP contribution in [0.2, 0.25) is 0 Å². The van der Waals surface area contributed by atoms with Gasteiger partial charge in [0.2, 0.25) is 0 Å². The van der Waals surface area contributed by atoms with Gasteiger partial charge in [-0.15, -0.1) is 0 Å². The normalized spacial score (nSPS) is 18.1. The molecule has 2 saturated heterocycles. The Hall–Kier alpha value is -4.02. The molecule has 0 radical (unpaired) electrons. The van der Waals surface area contributed by atoms with Crippen molar-refractivity contribution in [3.8, 4) is 5.75 Å². The third-order valence-corrected chi connectivity index (χ3v) is 7.66. The fourth-order valence-corrected chi connectivity index (χ4v) is 5.55. The van der Waals surface area contributed by atoms with Gasteiger partial charge in [0, 0.05) is 49.9 Å². The maximum atomic E-state index is 13.7. The Kier molecular flexibility index (Phi) is 7.84. The molecule has 2 aliphatic heterocycles. The monoisotopic (exact) mass is 561 g/mol. The molecule has 0 aliphatic carbocycles. The number of hydrogen-bond acceptors (Lipinski definition) is 6. The van der Waals surface area contributed by atoms with Gasteiger partial charge in [-0.2, -0.15) is 5.10 Å². The van der Waals surface area contributed by atoms with Crippen LogP contribution in [0.15, 0.2) is 54.6 Å². The highest BCUT2D eigenvalue weighted by Crippen LogP contribution is 2.29. The zero-order valence-corrected chi connectivity index (χ0v) is 22.9.